The van der Waals surface area contributed by atoms with Crippen molar-refractivity contribution >= 4 is 18.5 Å². The summed E-state index contributed by atoms with van der Waals surface area (Å²) in [7, 11) is 0. The van der Waals surface area contributed by atoms with Crippen molar-refractivity contribution in [3.05, 3.63) is 40.9 Å². The zero-order chi connectivity index (χ0) is 12.0. The van der Waals surface area contributed by atoms with Crippen molar-refractivity contribution in [2.75, 3.05) is 6.61 Å². The van der Waals surface area contributed by atoms with E-state index in [0.717, 1.165) is 5.56 Å². The van der Waals surface area contributed by atoms with Crippen LogP contribution in [0.5, 0.6) is 5.75 Å². The maximum Gasteiger partial charge on any atom is 0.255 e. The predicted molar refractivity (Wildman–Crippen MR) is 66.1 cm³/mol. The van der Waals surface area contributed by atoms with E-state index in [1.54, 1.807) is 17.5 Å². The monoisotopic (exact) mass is 238 g/mol. The summed E-state index contributed by atoms with van der Waals surface area (Å²) < 4.78 is 5.12. The highest BCUT2D eigenvalue weighted by atomic mass is 32.1. The van der Waals surface area contributed by atoms with E-state index in [1.807, 2.05) is 12.1 Å². The predicted octanol–water partition coefficient (Wildman–Crippen LogP) is 0.823. The fourth-order valence-electron chi connectivity index (χ4n) is 1.14. The summed E-state index contributed by atoms with van der Waals surface area (Å²) >= 11 is 3.96. The first-order valence-corrected chi connectivity index (χ1v) is 5.22. The summed E-state index contributed by atoms with van der Waals surface area (Å²) in [5.74, 6) is 0.113. The van der Waals surface area contributed by atoms with Crippen molar-refractivity contribution < 1.29 is 9.53 Å². The van der Waals surface area contributed by atoms with E-state index < -0.39 is 5.91 Å². The second-order valence-corrected chi connectivity index (χ2v) is 3.54. The number of amides is 1. The van der Waals surface area contributed by atoms with Gasteiger partial charge in [0, 0.05) is 12.1 Å². The fraction of sp³-hybridized carbons (Fsp3) is 0.182. The molecule has 86 valence electrons. The molecule has 0 aliphatic heterocycles. The number of primary amides is 1. The van der Waals surface area contributed by atoms with Crippen molar-refractivity contribution in [2.24, 2.45) is 11.5 Å². The van der Waals surface area contributed by atoms with Crippen LogP contribution in [-0.2, 0) is 11.2 Å². The summed E-state index contributed by atoms with van der Waals surface area (Å²) in [6.45, 7) is -0.113. The first kappa shape index (κ1) is 12.4. The lowest BCUT2D eigenvalue weighted by atomic mass is 10.1. The number of rotatable bonds is 5. The van der Waals surface area contributed by atoms with Crippen LogP contribution in [0.25, 0.3) is 0 Å². The standard InChI is InChI=1S/C11H14N2O2S/c12-9(7-16)5-8-1-3-10(4-2-8)15-6-11(13)14/h1-4,7,16H,5-6,12H2,(H2,13,14)/b9-7-. The molecule has 0 unspecified atom stereocenters. The van der Waals surface area contributed by atoms with Crippen LogP contribution in [0, 0.1) is 0 Å². The highest BCUT2D eigenvalue weighted by molar-refractivity contribution is 7.83. The molecule has 0 aromatic heterocycles. The molecule has 0 aliphatic carbocycles. The minimum absolute atomic E-state index is 0.113. The van der Waals surface area contributed by atoms with Gasteiger partial charge >= 0.3 is 0 Å². The van der Waals surface area contributed by atoms with Gasteiger partial charge < -0.3 is 16.2 Å². The molecule has 1 amide bonds. The topological polar surface area (TPSA) is 78.3 Å². The van der Waals surface area contributed by atoms with Crippen LogP contribution in [0.4, 0.5) is 0 Å². The summed E-state index contributed by atoms with van der Waals surface area (Å²) in [4.78, 5) is 10.5. The number of thiol groups is 1. The quantitative estimate of drug-likeness (QED) is 0.665. The summed E-state index contributed by atoms with van der Waals surface area (Å²) in [5, 5.41) is 1.57. The van der Waals surface area contributed by atoms with Gasteiger partial charge in [-0.25, -0.2) is 0 Å². The Hall–Kier alpha value is -1.62. The van der Waals surface area contributed by atoms with Gasteiger partial charge in [-0.2, -0.15) is 0 Å². The lowest BCUT2D eigenvalue weighted by Gasteiger charge is -2.05. The Morgan fingerprint density at radius 2 is 1.94 bits per heavy atom. The molecule has 5 heteroatoms. The third-order valence-electron chi connectivity index (χ3n) is 1.88. The molecule has 1 aromatic rings. The van der Waals surface area contributed by atoms with Crippen LogP contribution >= 0.6 is 12.6 Å². The molecule has 0 heterocycles. The van der Waals surface area contributed by atoms with E-state index in [1.165, 1.54) is 0 Å². The number of allylic oxidation sites excluding steroid dienone is 1. The molecule has 1 rings (SSSR count). The molecular formula is C11H14N2O2S. The van der Waals surface area contributed by atoms with Crippen molar-refractivity contribution in [1.29, 1.82) is 0 Å². The molecule has 16 heavy (non-hydrogen) atoms. The Kier molecular flexibility index (Phi) is 4.72. The van der Waals surface area contributed by atoms with Crippen molar-refractivity contribution in [3.8, 4) is 5.75 Å². The van der Waals surface area contributed by atoms with Crippen LogP contribution in [0.3, 0.4) is 0 Å². The number of hydrogen-bond acceptors (Lipinski definition) is 4. The van der Waals surface area contributed by atoms with E-state index in [2.05, 4.69) is 12.6 Å². The van der Waals surface area contributed by atoms with Crippen LogP contribution < -0.4 is 16.2 Å². The zero-order valence-electron chi connectivity index (χ0n) is 8.72. The van der Waals surface area contributed by atoms with Gasteiger partial charge in [0.25, 0.3) is 5.91 Å². The number of nitrogens with two attached hydrogens (primary N) is 2. The maximum atomic E-state index is 10.5. The van der Waals surface area contributed by atoms with Crippen molar-refractivity contribution in [2.45, 2.75) is 6.42 Å². The minimum atomic E-state index is -0.494. The van der Waals surface area contributed by atoms with E-state index in [0.29, 0.717) is 17.9 Å². The number of ether oxygens (including phenoxy) is 1. The molecule has 0 bridgehead atoms. The summed E-state index contributed by atoms with van der Waals surface area (Å²) in [6, 6.07) is 7.29. The Balaban J connectivity index is 2.57. The Bertz CT molecular complexity index is 387. The summed E-state index contributed by atoms with van der Waals surface area (Å²) in [5.41, 5.74) is 12.3. The normalized spacial score (nSPS) is 11.2. The van der Waals surface area contributed by atoms with E-state index >= 15 is 0 Å². The van der Waals surface area contributed by atoms with Gasteiger partial charge in [-0.05, 0) is 23.1 Å². The van der Waals surface area contributed by atoms with E-state index in [9.17, 15) is 4.79 Å². The largest absolute Gasteiger partial charge is 0.484 e. The average Bonchev–Trinajstić information content (AvgIpc) is 2.28. The van der Waals surface area contributed by atoms with Crippen molar-refractivity contribution in [3.63, 3.8) is 0 Å². The SMILES string of the molecule is NC(=O)COc1ccc(C/C(N)=C/S)cc1. The lowest BCUT2D eigenvalue weighted by Crippen LogP contribution is -2.19. The highest BCUT2D eigenvalue weighted by Gasteiger charge is 1.99. The molecule has 4 N–H and O–H groups in total. The minimum Gasteiger partial charge on any atom is -0.484 e. The zero-order valence-corrected chi connectivity index (χ0v) is 9.61. The fourth-order valence-corrected chi connectivity index (χ4v) is 1.23. The summed E-state index contributed by atoms with van der Waals surface area (Å²) in [6.07, 6.45) is 0.638. The molecule has 0 spiro atoms. The third kappa shape index (κ3) is 4.27. The smallest absolute Gasteiger partial charge is 0.255 e. The molecule has 0 saturated carbocycles. The van der Waals surface area contributed by atoms with Gasteiger partial charge in [0.15, 0.2) is 6.61 Å². The van der Waals surface area contributed by atoms with Crippen LogP contribution in [0.1, 0.15) is 5.56 Å². The van der Waals surface area contributed by atoms with Crippen molar-refractivity contribution in [1.82, 2.24) is 0 Å². The molecule has 0 saturated heterocycles. The highest BCUT2D eigenvalue weighted by Crippen LogP contribution is 2.13. The van der Waals surface area contributed by atoms with Gasteiger partial charge in [-0.15, -0.1) is 12.6 Å². The first-order valence-electron chi connectivity index (χ1n) is 4.70. The first-order chi connectivity index (χ1) is 7.61. The van der Waals surface area contributed by atoms with Gasteiger partial charge in [0.05, 0.1) is 0 Å². The van der Waals surface area contributed by atoms with Crippen LogP contribution in [0.2, 0.25) is 0 Å². The molecule has 0 radical (unpaired) electrons. The van der Waals surface area contributed by atoms with Gasteiger partial charge in [-0.1, -0.05) is 12.1 Å². The molecule has 0 fully saturated rings. The van der Waals surface area contributed by atoms with E-state index in [4.69, 9.17) is 16.2 Å². The molecule has 0 atom stereocenters. The number of benzene rings is 1. The van der Waals surface area contributed by atoms with Crippen LogP contribution in [-0.4, -0.2) is 12.5 Å². The molecule has 4 nitrogen and oxygen atoms in total. The maximum absolute atomic E-state index is 10.5. The lowest BCUT2D eigenvalue weighted by molar-refractivity contribution is -0.119. The molecular weight excluding hydrogens is 224 g/mol. The number of carbonyl (C=O) groups excluding carboxylic acids is 1. The third-order valence-corrected chi connectivity index (χ3v) is 2.21. The number of hydrogen-bond donors (Lipinski definition) is 3. The van der Waals surface area contributed by atoms with Crippen LogP contribution in [0.15, 0.2) is 35.4 Å². The second-order valence-electron chi connectivity index (χ2n) is 3.28. The second kappa shape index (κ2) is 6.07. The van der Waals surface area contributed by atoms with Gasteiger partial charge in [0.1, 0.15) is 5.75 Å². The van der Waals surface area contributed by atoms with Gasteiger partial charge in [0.2, 0.25) is 0 Å². The van der Waals surface area contributed by atoms with E-state index in [-0.39, 0.29) is 6.61 Å². The Morgan fingerprint density at radius 3 is 2.44 bits per heavy atom. The molecule has 1 aromatic carbocycles. The Labute approximate surface area is 99.7 Å². The average molecular weight is 238 g/mol. The number of carbonyl (C=O) groups is 1. The Morgan fingerprint density at radius 1 is 1.31 bits per heavy atom. The van der Waals surface area contributed by atoms with Gasteiger partial charge in [-0.3, -0.25) is 4.79 Å². The molecule has 0 aliphatic rings.